The van der Waals surface area contributed by atoms with Gasteiger partial charge in [0, 0.05) is 18.8 Å². The van der Waals surface area contributed by atoms with Gasteiger partial charge in [-0.2, -0.15) is 0 Å². The molecule has 1 rings (SSSR count). The summed E-state index contributed by atoms with van der Waals surface area (Å²) in [7, 11) is 0. The average molecular weight is 277 g/mol. The molecule has 0 aliphatic heterocycles. The standard InChI is InChI=1S/C16H27N3O/c1-5-19(6-2)12-11-18-15(20)16(3,4)13-7-9-14(17)10-8-13/h7-10H,5-6,11-12,17H2,1-4H3,(H,18,20). The van der Waals surface area contributed by atoms with Crippen molar-refractivity contribution in [3.8, 4) is 0 Å². The molecule has 0 unspecified atom stereocenters. The molecule has 0 aliphatic rings. The minimum absolute atomic E-state index is 0.0504. The summed E-state index contributed by atoms with van der Waals surface area (Å²) in [6.07, 6.45) is 0. The first kappa shape index (κ1) is 16.5. The van der Waals surface area contributed by atoms with Gasteiger partial charge in [-0.05, 0) is 44.6 Å². The number of carbonyl (C=O) groups is 1. The van der Waals surface area contributed by atoms with E-state index in [-0.39, 0.29) is 5.91 Å². The zero-order valence-corrected chi connectivity index (χ0v) is 13.1. The lowest BCUT2D eigenvalue weighted by Crippen LogP contribution is -2.43. The molecule has 0 aromatic heterocycles. The SMILES string of the molecule is CCN(CC)CCNC(=O)C(C)(C)c1ccc(N)cc1. The molecule has 0 fully saturated rings. The van der Waals surface area contributed by atoms with Crippen LogP contribution in [0.2, 0.25) is 0 Å². The van der Waals surface area contributed by atoms with Gasteiger partial charge in [-0.1, -0.05) is 26.0 Å². The fourth-order valence-electron chi connectivity index (χ4n) is 2.12. The van der Waals surface area contributed by atoms with Crippen molar-refractivity contribution in [3.63, 3.8) is 0 Å². The van der Waals surface area contributed by atoms with E-state index in [9.17, 15) is 4.79 Å². The molecule has 0 bridgehead atoms. The van der Waals surface area contributed by atoms with E-state index in [4.69, 9.17) is 5.73 Å². The minimum atomic E-state index is -0.545. The van der Waals surface area contributed by atoms with Crippen LogP contribution in [0, 0.1) is 0 Å². The average Bonchev–Trinajstić information content (AvgIpc) is 2.43. The van der Waals surface area contributed by atoms with Crippen molar-refractivity contribution in [2.24, 2.45) is 0 Å². The van der Waals surface area contributed by atoms with Gasteiger partial charge in [-0.15, -0.1) is 0 Å². The number of benzene rings is 1. The summed E-state index contributed by atoms with van der Waals surface area (Å²) >= 11 is 0. The van der Waals surface area contributed by atoms with E-state index in [1.54, 1.807) is 0 Å². The summed E-state index contributed by atoms with van der Waals surface area (Å²) in [6, 6.07) is 7.50. The maximum Gasteiger partial charge on any atom is 0.230 e. The van der Waals surface area contributed by atoms with Gasteiger partial charge in [-0.25, -0.2) is 0 Å². The third-order valence-electron chi connectivity index (χ3n) is 3.81. The van der Waals surface area contributed by atoms with Crippen molar-refractivity contribution in [2.75, 3.05) is 31.9 Å². The summed E-state index contributed by atoms with van der Waals surface area (Å²) in [6.45, 7) is 11.7. The van der Waals surface area contributed by atoms with Crippen molar-refractivity contribution in [1.82, 2.24) is 10.2 Å². The van der Waals surface area contributed by atoms with Crippen LogP contribution in [0.25, 0.3) is 0 Å². The molecule has 112 valence electrons. The predicted octanol–water partition coefficient (Wildman–Crippen LogP) is 2.00. The molecule has 0 spiro atoms. The molecule has 0 saturated heterocycles. The number of hydrogen-bond acceptors (Lipinski definition) is 3. The van der Waals surface area contributed by atoms with E-state index in [1.807, 2.05) is 38.1 Å². The van der Waals surface area contributed by atoms with E-state index in [0.717, 1.165) is 25.2 Å². The monoisotopic (exact) mass is 277 g/mol. The number of hydrogen-bond donors (Lipinski definition) is 2. The normalized spacial score (nSPS) is 11.7. The van der Waals surface area contributed by atoms with E-state index in [1.165, 1.54) is 0 Å². The van der Waals surface area contributed by atoms with Gasteiger partial charge < -0.3 is 16.0 Å². The Bertz CT molecular complexity index is 422. The van der Waals surface area contributed by atoms with Crippen LogP contribution in [0.5, 0.6) is 0 Å². The summed E-state index contributed by atoms with van der Waals surface area (Å²) < 4.78 is 0. The van der Waals surface area contributed by atoms with Gasteiger partial charge >= 0.3 is 0 Å². The Morgan fingerprint density at radius 2 is 1.75 bits per heavy atom. The molecular formula is C16H27N3O. The lowest BCUT2D eigenvalue weighted by atomic mass is 9.83. The van der Waals surface area contributed by atoms with Crippen molar-refractivity contribution in [1.29, 1.82) is 0 Å². The van der Waals surface area contributed by atoms with Crippen LogP contribution in [0.1, 0.15) is 33.3 Å². The zero-order valence-electron chi connectivity index (χ0n) is 13.1. The first-order valence-corrected chi connectivity index (χ1v) is 7.28. The topological polar surface area (TPSA) is 58.4 Å². The Balaban J connectivity index is 2.59. The second kappa shape index (κ2) is 7.29. The molecule has 20 heavy (non-hydrogen) atoms. The van der Waals surface area contributed by atoms with Gasteiger partial charge in [0.15, 0.2) is 0 Å². The fraction of sp³-hybridized carbons (Fsp3) is 0.562. The lowest BCUT2D eigenvalue weighted by Gasteiger charge is -2.25. The predicted molar refractivity (Wildman–Crippen MR) is 84.7 cm³/mol. The molecular weight excluding hydrogens is 250 g/mol. The number of nitrogen functional groups attached to an aromatic ring is 1. The molecule has 4 heteroatoms. The molecule has 0 aliphatic carbocycles. The second-order valence-electron chi connectivity index (χ2n) is 5.53. The molecule has 0 radical (unpaired) electrons. The van der Waals surface area contributed by atoms with Gasteiger partial charge in [0.1, 0.15) is 0 Å². The summed E-state index contributed by atoms with van der Waals surface area (Å²) in [5.41, 5.74) is 6.83. The number of nitrogens with two attached hydrogens (primary N) is 1. The van der Waals surface area contributed by atoms with Crippen LogP contribution < -0.4 is 11.1 Å². The number of amides is 1. The number of carbonyl (C=O) groups excluding carboxylic acids is 1. The van der Waals surface area contributed by atoms with Crippen molar-refractivity contribution < 1.29 is 4.79 Å². The first-order valence-electron chi connectivity index (χ1n) is 7.28. The lowest BCUT2D eigenvalue weighted by molar-refractivity contribution is -0.125. The molecule has 0 atom stereocenters. The third kappa shape index (κ3) is 4.23. The highest BCUT2D eigenvalue weighted by Crippen LogP contribution is 2.24. The van der Waals surface area contributed by atoms with E-state index in [0.29, 0.717) is 12.2 Å². The van der Waals surface area contributed by atoms with Crippen LogP contribution in [-0.4, -0.2) is 37.0 Å². The van der Waals surface area contributed by atoms with E-state index < -0.39 is 5.41 Å². The molecule has 0 heterocycles. The highest BCUT2D eigenvalue weighted by Gasteiger charge is 2.29. The summed E-state index contributed by atoms with van der Waals surface area (Å²) in [5, 5.41) is 3.02. The number of likely N-dealkylation sites (N-methyl/N-ethyl adjacent to an activating group) is 1. The van der Waals surface area contributed by atoms with Crippen molar-refractivity contribution in [2.45, 2.75) is 33.1 Å². The Morgan fingerprint density at radius 1 is 1.20 bits per heavy atom. The largest absolute Gasteiger partial charge is 0.399 e. The van der Waals surface area contributed by atoms with Gasteiger partial charge in [-0.3, -0.25) is 4.79 Å². The maximum atomic E-state index is 12.3. The zero-order chi connectivity index (χ0) is 15.2. The quantitative estimate of drug-likeness (QED) is 0.750. The minimum Gasteiger partial charge on any atom is -0.399 e. The Kier molecular flexibility index (Phi) is 6.02. The Labute approximate surface area is 122 Å². The second-order valence-corrected chi connectivity index (χ2v) is 5.53. The first-order chi connectivity index (χ1) is 9.41. The smallest absolute Gasteiger partial charge is 0.230 e. The van der Waals surface area contributed by atoms with Gasteiger partial charge in [0.2, 0.25) is 5.91 Å². The maximum absolute atomic E-state index is 12.3. The van der Waals surface area contributed by atoms with E-state index in [2.05, 4.69) is 24.1 Å². The summed E-state index contributed by atoms with van der Waals surface area (Å²) in [4.78, 5) is 14.6. The van der Waals surface area contributed by atoms with Crippen LogP contribution in [0.15, 0.2) is 24.3 Å². The Morgan fingerprint density at radius 3 is 2.25 bits per heavy atom. The third-order valence-corrected chi connectivity index (χ3v) is 3.81. The van der Waals surface area contributed by atoms with Crippen LogP contribution in [-0.2, 0) is 10.2 Å². The van der Waals surface area contributed by atoms with E-state index >= 15 is 0 Å². The number of nitrogens with zero attached hydrogens (tertiary/aromatic N) is 1. The summed E-state index contributed by atoms with van der Waals surface area (Å²) in [5.74, 6) is 0.0504. The van der Waals surface area contributed by atoms with Crippen LogP contribution in [0.4, 0.5) is 5.69 Å². The van der Waals surface area contributed by atoms with Crippen molar-refractivity contribution >= 4 is 11.6 Å². The highest BCUT2D eigenvalue weighted by atomic mass is 16.2. The number of rotatable bonds is 7. The molecule has 1 aromatic carbocycles. The Hall–Kier alpha value is -1.55. The molecule has 1 amide bonds. The van der Waals surface area contributed by atoms with Gasteiger partial charge in [0.25, 0.3) is 0 Å². The molecule has 4 nitrogen and oxygen atoms in total. The highest BCUT2D eigenvalue weighted by molar-refractivity contribution is 5.87. The van der Waals surface area contributed by atoms with Crippen LogP contribution in [0.3, 0.4) is 0 Å². The van der Waals surface area contributed by atoms with Crippen molar-refractivity contribution in [3.05, 3.63) is 29.8 Å². The molecule has 0 saturated carbocycles. The molecule has 3 N–H and O–H groups in total. The van der Waals surface area contributed by atoms with Gasteiger partial charge in [0.05, 0.1) is 5.41 Å². The molecule has 1 aromatic rings. The van der Waals surface area contributed by atoms with Crippen LogP contribution >= 0.6 is 0 Å². The fourth-order valence-corrected chi connectivity index (χ4v) is 2.12. The number of anilines is 1. The number of nitrogens with one attached hydrogen (secondary N) is 1.